The molecule has 134 valence electrons. The number of hydrogen-bond donors (Lipinski definition) is 0. The van der Waals surface area contributed by atoms with Gasteiger partial charge in [0.05, 0.1) is 5.57 Å². The van der Waals surface area contributed by atoms with Crippen LogP contribution in [0.15, 0.2) is 53.3 Å². The molecule has 0 atom stereocenters. The van der Waals surface area contributed by atoms with E-state index >= 15 is 0 Å². The van der Waals surface area contributed by atoms with E-state index in [2.05, 4.69) is 32.8 Å². The van der Waals surface area contributed by atoms with Gasteiger partial charge in [-0.3, -0.25) is 0 Å². The maximum absolute atomic E-state index is 7.15. The first-order valence-electron chi connectivity index (χ1n) is 9.34. The van der Waals surface area contributed by atoms with Gasteiger partial charge in [-0.05, 0) is 79.7 Å². The first kappa shape index (κ1) is 17.2. The summed E-state index contributed by atoms with van der Waals surface area (Å²) in [6.07, 6.45) is 12.2. The molecule has 1 aromatic rings. The van der Waals surface area contributed by atoms with Crippen LogP contribution in [0.3, 0.4) is 0 Å². The fraction of sp³-hybridized carbons (Fsp3) is 0.304. The lowest BCUT2D eigenvalue weighted by molar-refractivity contribution is 0.318. The minimum absolute atomic E-state index is 0.0712. The lowest BCUT2D eigenvalue weighted by Gasteiger charge is -2.37. The van der Waals surface area contributed by atoms with Gasteiger partial charge >= 0.3 is 5.82 Å². The molecule has 4 heteroatoms. The van der Waals surface area contributed by atoms with Gasteiger partial charge in [0.2, 0.25) is 0 Å². The van der Waals surface area contributed by atoms with Crippen molar-refractivity contribution in [2.75, 3.05) is 18.0 Å². The number of ether oxygens (including phenoxy) is 1. The maximum atomic E-state index is 7.15. The number of benzene rings is 1. The Kier molecular flexibility index (Phi) is 4.57. The lowest BCUT2D eigenvalue weighted by Crippen LogP contribution is -2.34. The minimum Gasteiger partial charge on any atom is -0.462 e. The van der Waals surface area contributed by atoms with Crippen LogP contribution in [0.4, 0.5) is 5.69 Å². The van der Waals surface area contributed by atoms with E-state index in [-0.39, 0.29) is 5.82 Å². The molecule has 0 spiro atoms. The zero-order chi connectivity index (χ0) is 18.8. The average molecular weight is 355 g/mol. The molecular formula is C23H21N3O. The Balaban J connectivity index is 1.65. The molecule has 27 heavy (non-hydrogen) atoms. The van der Waals surface area contributed by atoms with E-state index in [0.717, 1.165) is 12.8 Å². The van der Waals surface area contributed by atoms with Crippen LogP contribution >= 0.6 is 0 Å². The smallest absolute Gasteiger partial charge is 0.462 e. The summed E-state index contributed by atoms with van der Waals surface area (Å²) in [6, 6.07) is 4.58. The van der Waals surface area contributed by atoms with Gasteiger partial charge in [-0.25, -0.2) is 0 Å². The molecule has 0 bridgehead atoms. The van der Waals surface area contributed by atoms with Crippen LogP contribution in [-0.2, 0) is 17.6 Å². The minimum atomic E-state index is 0.0712. The largest absolute Gasteiger partial charge is 0.526 e. The molecule has 0 amide bonds. The van der Waals surface area contributed by atoms with E-state index in [9.17, 15) is 0 Å². The SMILES string of the molecule is [C-]#[N+]C([N+]#[C-])=C1C=C(C)OC(/C=C/c2cc3c4c(c2)CCCN4CCC3)=C1. The van der Waals surface area contributed by atoms with Crippen LogP contribution in [0.5, 0.6) is 0 Å². The van der Waals surface area contributed by atoms with E-state index in [1.54, 1.807) is 12.2 Å². The Morgan fingerprint density at radius 1 is 1.04 bits per heavy atom. The van der Waals surface area contributed by atoms with Gasteiger partial charge in [-0.1, -0.05) is 6.08 Å². The van der Waals surface area contributed by atoms with Crippen molar-refractivity contribution < 1.29 is 4.74 Å². The molecule has 0 saturated carbocycles. The summed E-state index contributed by atoms with van der Waals surface area (Å²) in [4.78, 5) is 9.15. The first-order chi connectivity index (χ1) is 13.2. The molecule has 4 rings (SSSR count). The van der Waals surface area contributed by atoms with Crippen molar-refractivity contribution in [3.63, 3.8) is 0 Å². The number of anilines is 1. The van der Waals surface area contributed by atoms with Crippen LogP contribution < -0.4 is 4.90 Å². The van der Waals surface area contributed by atoms with Crippen molar-refractivity contribution in [2.45, 2.75) is 32.6 Å². The quantitative estimate of drug-likeness (QED) is 0.674. The summed E-state index contributed by atoms with van der Waals surface area (Å²) in [7, 11) is 0. The highest BCUT2D eigenvalue weighted by atomic mass is 16.5. The Morgan fingerprint density at radius 3 is 2.33 bits per heavy atom. The molecule has 0 saturated heterocycles. The van der Waals surface area contributed by atoms with Crippen molar-refractivity contribution >= 4 is 11.8 Å². The number of nitrogens with zero attached hydrogens (tertiary/aromatic N) is 3. The van der Waals surface area contributed by atoms with E-state index in [1.807, 2.05) is 13.0 Å². The Labute approximate surface area is 160 Å². The maximum Gasteiger partial charge on any atom is 0.526 e. The van der Waals surface area contributed by atoms with Gasteiger partial charge in [0.25, 0.3) is 0 Å². The van der Waals surface area contributed by atoms with Crippen molar-refractivity contribution in [1.82, 2.24) is 0 Å². The normalized spacial score (nSPS) is 18.0. The van der Waals surface area contributed by atoms with Crippen LogP contribution in [0.2, 0.25) is 0 Å². The van der Waals surface area contributed by atoms with Crippen molar-refractivity contribution in [3.05, 3.63) is 92.8 Å². The Morgan fingerprint density at radius 2 is 1.70 bits per heavy atom. The molecule has 1 aromatic carbocycles. The highest BCUT2D eigenvalue weighted by Crippen LogP contribution is 2.36. The second-order valence-electron chi connectivity index (χ2n) is 7.12. The third-order valence-corrected chi connectivity index (χ3v) is 5.20. The third-order valence-electron chi connectivity index (χ3n) is 5.20. The number of aryl methyl sites for hydroxylation is 2. The summed E-state index contributed by atoms with van der Waals surface area (Å²) in [5.41, 5.74) is 6.18. The Bertz CT molecular complexity index is 948. The van der Waals surface area contributed by atoms with E-state index in [4.69, 9.17) is 17.9 Å². The van der Waals surface area contributed by atoms with E-state index in [1.165, 1.54) is 48.3 Å². The Hall–Kier alpha value is -3.24. The monoisotopic (exact) mass is 355 g/mol. The van der Waals surface area contributed by atoms with Crippen LogP contribution in [0.1, 0.15) is 36.5 Å². The van der Waals surface area contributed by atoms with Gasteiger partial charge in [-0.2, -0.15) is 9.69 Å². The lowest BCUT2D eigenvalue weighted by atomic mass is 9.90. The fourth-order valence-corrected chi connectivity index (χ4v) is 4.13. The van der Waals surface area contributed by atoms with Crippen LogP contribution in [0, 0.1) is 13.1 Å². The number of rotatable bonds is 2. The van der Waals surface area contributed by atoms with Gasteiger partial charge in [-0.15, -0.1) is 0 Å². The van der Waals surface area contributed by atoms with E-state index < -0.39 is 0 Å². The van der Waals surface area contributed by atoms with Crippen LogP contribution in [-0.4, -0.2) is 13.1 Å². The first-order valence-corrected chi connectivity index (χ1v) is 9.34. The van der Waals surface area contributed by atoms with Gasteiger partial charge in [0.1, 0.15) is 24.7 Å². The summed E-state index contributed by atoms with van der Waals surface area (Å²) < 4.78 is 5.76. The number of allylic oxidation sites excluding steroid dienone is 5. The summed E-state index contributed by atoms with van der Waals surface area (Å²) in [5.74, 6) is 1.41. The molecule has 4 nitrogen and oxygen atoms in total. The van der Waals surface area contributed by atoms with E-state index in [0.29, 0.717) is 17.1 Å². The zero-order valence-corrected chi connectivity index (χ0v) is 15.5. The van der Waals surface area contributed by atoms with Crippen molar-refractivity contribution in [1.29, 1.82) is 0 Å². The zero-order valence-electron chi connectivity index (χ0n) is 15.5. The predicted molar refractivity (Wildman–Crippen MR) is 107 cm³/mol. The molecule has 3 heterocycles. The number of hydrogen-bond acceptors (Lipinski definition) is 2. The molecule has 3 aliphatic rings. The molecule has 0 aliphatic carbocycles. The molecule has 0 radical (unpaired) electrons. The molecule has 0 fully saturated rings. The second-order valence-corrected chi connectivity index (χ2v) is 7.12. The average Bonchev–Trinajstić information content (AvgIpc) is 2.67. The molecular weight excluding hydrogens is 334 g/mol. The topological polar surface area (TPSA) is 21.2 Å². The van der Waals surface area contributed by atoms with Gasteiger partial charge in [0.15, 0.2) is 0 Å². The third kappa shape index (κ3) is 3.39. The van der Waals surface area contributed by atoms with Gasteiger partial charge < -0.3 is 9.64 Å². The molecule has 0 aromatic heterocycles. The van der Waals surface area contributed by atoms with Crippen molar-refractivity contribution in [3.8, 4) is 0 Å². The predicted octanol–water partition coefficient (Wildman–Crippen LogP) is 5.27. The standard InChI is InChI=1S/C23H21N3O/c1-16-12-20(23(24-2)25-3)15-21(27-16)9-8-17-13-18-6-4-10-26-11-5-7-19(14-17)22(18)26/h8-9,12-15H,4-7,10-11H2,1H3/b9-8+. The summed E-state index contributed by atoms with van der Waals surface area (Å²) >= 11 is 0. The fourth-order valence-electron chi connectivity index (χ4n) is 4.13. The highest BCUT2D eigenvalue weighted by Gasteiger charge is 2.23. The van der Waals surface area contributed by atoms with Crippen molar-refractivity contribution in [2.24, 2.45) is 0 Å². The highest BCUT2D eigenvalue weighted by molar-refractivity contribution is 5.68. The second kappa shape index (κ2) is 7.17. The molecule has 3 aliphatic heterocycles. The van der Waals surface area contributed by atoms with Gasteiger partial charge in [0, 0.05) is 18.8 Å². The summed E-state index contributed by atoms with van der Waals surface area (Å²) in [5, 5.41) is 0. The molecule has 0 N–H and O–H groups in total. The summed E-state index contributed by atoms with van der Waals surface area (Å²) in [6.45, 7) is 18.5. The van der Waals surface area contributed by atoms with Crippen LogP contribution in [0.25, 0.3) is 15.8 Å². The molecule has 0 unspecified atom stereocenters.